The van der Waals surface area contributed by atoms with E-state index in [0.717, 1.165) is 40.2 Å². The van der Waals surface area contributed by atoms with Gasteiger partial charge in [-0.15, -0.1) is 21.5 Å². The number of rotatable bonds is 6. The van der Waals surface area contributed by atoms with Gasteiger partial charge in [-0.25, -0.2) is 4.98 Å². The third-order valence-corrected chi connectivity index (χ3v) is 4.03. The average molecular weight is 268 g/mol. The van der Waals surface area contributed by atoms with Crippen molar-refractivity contribution in [2.24, 2.45) is 0 Å². The number of nitrogens with zero attached hydrogens (tertiary/aromatic N) is 3. The first-order valence-electron chi connectivity index (χ1n) is 5.75. The van der Waals surface area contributed by atoms with E-state index in [1.54, 1.807) is 22.7 Å². The van der Waals surface area contributed by atoms with Crippen LogP contribution in [0.15, 0.2) is 5.38 Å². The fourth-order valence-corrected chi connectivity index (χ4v) is 2.89. The van der Waals surface area contributed by atoms with Gasteiger partial charge in [-0.3, -0.25) is 0 Å². The second-order valence-corrected chi connectivity index (χ2v) is 5.88. The molecule has 92 valence electrons. The molecule has 17 heavy (non-hydrogen) atoms. The van der Waals surface area contributed by atoms with Gasteiger partial charge in [-0.05, 0) is 19.9 Å². The molecule has 2 rings (SSSR count). The molecular weight excluding hydrogens is 252 g/mol. The molecule has 0 aliphatic heterocycles. The molecule has 1 N–H and O–H groups in total. The summed E-state index contributed by atoms with van der Waals surface area (Å²) in [7, 11) is 0. The first-order chi connectivity index (χ1) is 8.29. The molecule has 0 aromatic carbocycles. The molecule has 0 radical (unpaired) electrons. The van der Waals surface area contributed by atoms with E-state index in [1.165, 1.54) is 6.42 Å². The highest BCUT2D eigenvalue weighted by molar-refractivity contribution is 7.15. The zero-order chi connectivity index (χ0) is 12.1. The monoisotopic (exact) mass is 268 g/mol. The van der Waals surface area contributed by atoms with Gasteiger partial charge >= 0.3 is 0 Å². The maximum absolute atomic E-state index is 4.41. The molecular formula is C11H16N4S2. The topological polar surface area (TPSA) is 50.7 Å². The highest BCUT2D eigenvalue weighted by Gasteiger charge is 2.08. The molecule has 2 aromatic heterocycles. The molecule has 0 unspecified atom stereocenters. The van der Waals surface area contributed by atoms with Crippen LogP contribution in [-0.2, 0) is 6.42 Å². The van der Waals surface area contributed by atoms with Crippen LogP contribution in [0.25, 0.3) is 10.7 Å². The van der Waals surface area contributed by atoms with Crippen molar-refractivity contribution in [1.82, 2.24) is 20.5 Å². The first-order valence-corrected chi connectivity index (χ1v) is 7.45. The Hall–Kier alpha value is -0.850. The van der Waals surface area contributed by atoms with Gasteiger partial charge in [-0.1, -0.05) is 18.3 Å². The fourth-order valence-electron chi connectivity index (χ4n) is 1.42. The number of nitrogens with one attached hydrogen (secondary N) is 1. The predicted molar refractivity (Wildman–Crippen MR) is 72.6 cm³/mol. The Morgan fingerprint density at radius 2 is 2.18 bits per heavy atom. The summed E-state index contributed by atoms with van der Waals surface area (Å²) in [6.45, 7) is 6.21. The van der Waals surface area contributed by atoms with Crippen LogP contribution < -0.4 is 5.32 Å². The molecule has 0 saturated heterocycles. The summed E-state index contributed by atoms with van der Waals surface area (Å²) in [5.74, 6) is 0. The van der Waals surface area contributed by atoms with Crippen molar-refractivity contribution in [3.63, 3.8) is 0 Å². The van der Waals surface area contributed by atoms with Gasteiger partial charge in [0.2, 0.25) is 0 Å². The molecule has 0 amide bonds. The lowest BCUT2D eigenvalue weighted by Crippen LogP contribution is -2.17. The summed E-state index contributed by atoms with van der Waals surface area (Å²) in [4.78, 5) is 4.41. The van der Waals surface area contributed by atoms with Crippen molar-refractivity contribution in [1.29, 1.82) is 0 Å². The quantitative estimate of drug-likeness (QED) is 0.818. The van der Waals surface area contributed by atoms with Gasteiger partial charge in [0.15, 0.2) is 5.01 Å². The van der Waals surface area contributed by atoms with Crippen LogP contribution in [0.1, 0.15) is 23.4 Å². The Kier molecular flexibility index (Phi) is 4.58. The summed E-state index contributed by atoms with van der Waals surface area (Å²) in [6.07, 6.45) is 2.11. The summed E-state index contributed by atoms with van der Waals surface area (Å²) >= 11 is 3.29. The lowest BCUT2D eigenvalue weighted by atomic mass is 10.4. The highest BCUT2D eigenvalue weighted by Crippen LogP contribution is 2.24. The molecule has 0 aliphatic carbocycles. The second-order valence-electron chi connectivity index (χ2n) is 3.75. The SMILES string of the molecule is CCCNCCc1nnc(-c2csc(C)n2)s1. The summed E-state index contributed by atoms with van der Waals surface area (Å²) in [5.41, 5.74) is 0.956. The van der Waals surface area contributed by atoms with Crippen LogP contribution in [-0.4, -0.2) is 28.3 Å². The van der Waals surface area contributed by atoms with Crippen molar-refractivity contribution in [2.75, 3.05) is 13.1 Å². The molecule has 0 atom stereocenters. The summed E-state index contributed by atoms with van der Waals surface area (Å²) in [6, 6.07) is 0. The number of thiazole rings is 1. The largest absolute Gasteiger partial charge is 0.316 e. The van der Waals surface area contributed by atoms with Crippen molar-refractivity contribution in [3.05, 3.63) is 15.4 Å². The minimum atomic E-state index is 0.930. The van der Waals surface area contributed by atoms with Crippen LogP contribution >= 0.6 is 22.7 Å². The molecule has 4 nitrogen and oxygen atoms in total. The van der Waals surface area contributed by atoms with Crippen molar-refractivity contribution >= 4 is 22.7 Å². The van der Waals surface area contributed by atoms with E-state index in [4.69, 9.17) is 0 Å². The molecule has 2 aromatic rings. The smallest absolute Gasteiger partial charge is 0.167 e. The Bertz CT molecular complexity index is 463. The van der Waals surface area contributed by atoms with Crippen LogP contribution in [0.5, 0.6) is 0 Å². The number of aryl methyl sites for hydroxylation is 1. The second kappa shape index (κ2) is 6.18. The zero-order valence-electron chi connectivity index (χ0n) is 10.1. The van der Waals surface area contributed by atoms with Crippen molar-refractivity contribution in [2.45, 2.75) is 26.7 Å². The van der Waals surface area contributed by atoms with E-state index in [2.05, 4.69) is 27.4 Å². The molecule has 0 bridgehead atoms. The van der Waals surface area contributed by atoms with Crippen molar-refractivity contribution < 1.29 is 0 Å². The maximum atomic E-state index is 4.41. The predicted octanol–water partition coefficient (Wildman–Crippen LogP) is 2.51. The standard InChI is InChI=1S/C11H16N4S2/c1-3-5-12-6-4-10-14-15-11(17-10)9-7-16-8(2)13-9/h7,12H,3-6H2,1-2H3. The molecule has 0 saturated carbocycles. The van der Waals surface area contributed by atoms with E-state index in [0.29, 0.717) is 0 Å². The normalized spacial score (nSPS) is 10.9. The van der Waals surface area contributed by atoms with E-state index in [-0.39, 0.29) is 0 Å². The highest BCUT2D eigenvalue weighted by atomic mass is 32.1. The molecule has 6 heteroatoms. The zero-order valence-corrected chi connectivity index (χ0v) is 11.7. The summed E-state index contributed by atoms with van der Waals surface area (Å²) < 4.78 is 0. The van der Waals surface area contributed by atoms with Crippen molar-refractivity contribution in [3.8, 4) is 10.7 Å². The number of aromatic nitrogens is 3. The number of hydrogen-bond acceptors (Lipinski definition) is 6. The van der Waals surface area contributed by atoms with Gasteiger partial charge in [0.25, 0.3) is 0 Å². The molecule has 0 fully saturated rings. The van der Waals surface area contributed by atoms with Gasteiger partial charge in [0, 0.05) is 18.3 Å². The third-order valence-electron chi connectivity index (χ3n) is 2.25. The minimum Gasteiger partial charge on any atom is -0.316 e. The van der Waals surface area contributed by atoms with Crippen LogP contribution in [0.3, 0.4) is 0 Å². The molecule has 0 aliphatic rings. The summed E-state index contributed by atoms with van der Waals surface area (Å²) in [5, 5.41) is 16.9. The van der Waals surface area contributed by atoms with Gasteiger partial charge < -0.3 is 5.32 Å². The average Bonchev–Trinajstić information content (AvgIpc) is 2.93. The minimum absolute atomic E-state index is 0.930. The van der Waals surface area contributed by atoms with E-state index in [1.807, 2.05) is 12.3 Å². The van der Waals surface area contributed by atoms with Crippen LogP contribution in [0, 0.1) is 6.92 Å². The lowest BCUT2D eigenvalue weighted by molar-refractivity contribution is 0.668. The van der Waals surface area contributed by atoms with E-state index >= 15 is 0 Å². The number of hydrogen-bond donors (Lipinski definition) is 1. The molecule has 0 spiro atoms. The van der Waals surface area contributed by atoms with Gasteiger partial charge in [0.1, 0.15) is 10.7 Å². The van der Waals surface area contributed by atoms with E-state index in [9.17, 15) is 0 Å². The van der Waals surface area contributed by atoms with Gasteiger partial charge in [-0.2, -0.15) is 0 Å². The van der Waals surface area contributed by atoms with Crippen LogP contribution in [0.2, 0.25) is 0 Å². The first kappa shape index (κ1) is 12.6. The lowest BCUT2D eigenvalue weighted by Gasteiger charge is -1.98. The van der Waals surface area contributed by atoms with Crippen LogP contribution in [0.4, 0.5) is 0 Å². The molecule has 2 heterocycles. The van der Waals surface area contributed by atoms with E-state index < -0.39 is 0 Å². The van der Waals surface area contributed by atoms with Gasteiger partial charge in [0.05, 0.1) is 5.01 Å². The Morgan fingerprint density at radius 3 is 2.88 bits per heavy atom. The Labute approximate surface area is 109 Å². The Morgan fingerprint density at radius 1 is 1.29 bits per heavy atom. The Balaban J connectivity index is 1.92. The third kappa shape index (κ3) is 3.55. The fraction of sp³-hybridized carbons (Fsp3) is 0.545. The maximum Gasteiger partial charge on any atom is 0.167 e.